The second-order valence-electron chi connectivity index (χ2n) is 5.75. The van der Waals surface area contributed by atoms with Crippen molar-refractivity contribution in [2.24, 2.45) is 0 Å². The van der Waals surface area contributed by atoms with Crippen molar-refractivity contribution in [3.63, 3.8) is 0 Å². The zero-order valence-corrected chi connectivity index (χ0v) is 12.4. The van der Waals surface area contributed by atoms with E-state index in [0.29, 0.717) is 0 Å². The molecule has 0 aromatic rings. The van der Waals surface area contributed by atoms with E-state index in [4.69, 9.17) is 0 Å². The summed E-state index contributed by atoms with van der Waals surface area (Å²) in [5, 5.41) is 0. The van der Waals surface area contributed by atoms with Crippen LogP contribution in [0.1, 0.15) is 0 Å². The molecule has 1 aliphatic rings. The molecule has 0 aliphatic carbocycles. The van der Waals surface area contributed by atoms with Crippen molar-refractivity contribution in [3.8, 4) is 0 Å². The lowest BCUT2D eigenvalue weighted by atomic mass is 11.8. The van der Waals surface area contributed by atoms with E-state index in [1.165, 1.54) is 0 Å². The maximum absolute atomic E-state index is 3.85. The van der Waals surface area contributed by atoms with Crippen LogP contribution < -0.4 is 4.65 Å². The van der Waals surface area contributed by atoms with Crippen LogP contribution in [0, 0.1) is 0 Å². The molecule has 0 aromatic heterocycles. The van der Waals surface area contributed by atoms with Gasteiger partial charge in [-0.2, -0.15) is 0 Å². The number of hydrogen-bond donors (Lipinski definition) is 1. The van der Waals surface area contributed by atoms with Gasteiger partial charge in [0.15, 0.2) is 16.8 Å². The van der Waals surface area contributed by atoms with Crippen LogP contribution in [0.15, 0.2) is 0 Å². The Morgan fingerprint density at radius 3 is 1.33 bits per heavy atom. The van der Waals surface area contributed by atoms with Crippen molar-refractivity contribution in [1.29, 1.82) is 0 Å². The minimum absolute atomic E-state index is 1.05. The normalized spacial score (nSPS) is 28.2. The summed E-state index contributed by atoms with van der Waals surface area (Å²) in [5.41, 5.74) is 0. The van der Waals surface area contributed by atoms with Crippen molar-refractivity contribution in [2.75, 3.05) is 0 Å². The zero-order chi connectivity index (χ0) is 9.78. The van der Waals surface area contributed by atoms with Crippen molar-refractivity contribution >= 4 is 25.0 Å². The molecular formula is C7H22N2Si3. The van der Waals surface area contributed by atoms with Crippen molar-refractivity contribution < 1.29 is 0 Å². The van der Waals surface area contributed by atoms with Gasteiger partial charge in [0.2, 0.25) is 0 Å². The maximum atomic E-state index is 3.85. The molecule has 1 N–H and O–H groups in total. The van der Waals surface area contributed by atoms with E-state index >= 15 is 0 Å². The van der Waals surface area contributed by atoms with Crippen LogP contribution in [0.2, 0.25) is 45.8 Å². The predicted molar refractivity (Wildman–Crippen MR) is 63.3 cm³/mol. The molecular weight excluding hydrogens is 196 g/mol. The smallest absolute Gasteiger partial charge is 0.179 e. The fourth-order valence-corrected chi connectivity index (χ4v) is 29.7. The van der Waals surface area contributed by atoms with E-state index in [2.05, 4.69) is 54.4 Å². The molecule has 0 aromatic carbocycles. The summed E-state index contributed by atoms with van der Waals surface area (Å²) in [6.45, 7) is 17.1. The Balaban J connectivity index is 2.87. The first kappa shape index (κ1) is 10.7. The van der Waals surface area contributed by atoms with Gasteiger partial charge in [0.05, 0.1) is 0 Å². The summed E-state index contributed by atoms with van der Waals surface area (Å²) in [5.74, 6) is 0. The second-order valence-corrected chi connectivity index (χ2v) is 20.0. The van der Waals surface area contributed by atoms with E-state index in [1.54, 1.807) is 0 Å². The largest absolute Gasteiger partial charge is 0.345 e. The molecule has 2 nitrogen and oxygen atoms in total. The maximum Gasteiger partial charge on any atom is 0.179 e. The molecule has 1 heterocycles. The average Bonchev–Trinajstić information content (AvgIpc) is 1.48. The Bertz CT molecular complexity index is 167. The van der Waals surface area contributed by atoms with Crippen LogP contribution in [0.4, 0.5) is 0 Å². The highest BCUT2D eigenvalue weighted by Gasteiger charge is 2.57. The lowest BCUT2D eigenvalue weighted by molar-refractivity contribution is 0.764. The number of nitrogens with zero attached hydrogens (tertiary/aromatic N) is 1. The van der Waals surface area contributed by atoms with Gasteiger partial charge in [-0.15, -0.1) is 0 Å². The number of nitrogens with one attached hydrogen (secondary N) is 1. The van der Waals surface area contributed by atoms with E-state index < -0.39 is 25.0 Å². The summed E-state index contributed by atoms with van der Waals surface area (Å²) in [4.78, 5) is 0. The highest BCUT2D eigenvalue weighted by Crippen LogP contribution is 2.32. The summed E-state index contributed by atoms with van der Waals surface area (Å²) in [6.07, 6.45) is 0. The molecule has 0 radical (unpaired) electrons. The van der Waals surface area contributed by atoms with Crippen molar-refractivity contribution in [2.45, 2.75) is 45.8 Å². The Kier molecular flexibility index (Phi) is 2.25. The Labute approximate surface area is 79.8 Å². The Hall–Kier alpha value is 0.571. The van der Waals surface area contributed by atoms with Crippen LogP contribution in [-0.2, 0) is 0 Å². The topological polar surface area (TPSA) is 15.3 Å². The Morgan fingerprint density at radius 1 is 0.917 bits per heavy atom. The summed E-state index contributed by atoms with van der Waals surface area (Å²) in [6, 6.07) is 0. The van der Waals surface area contributed by atoms with Crippen LogP contribution in [0.25, 0.3) is 0 Å². The minimum Gasteiger partial charge on any atom is -0.345 e. The molecule has 0 saturated carbocycles. The fraction of sp³-hybridized carbons (Fsp3) is 1.00. The van der Waals surface area contributed by atoms with Gasteiger partial charge in [0, 0.05) is 0 Å². The summed E-state index contributed by atoms with van der Waals surface area (Å²) >= 11 is 0. The second kappa shape index (κ2) is 2.54. The minimum atomic E-state index is -1.14. The SMILES string of the molecule is C[Si](C)(C)N1[Si](C)(C)N[Si]1(C)C. The van der Waals surface area contributed by atoms with Crippen LogP contribution in [-0.4, -0.2) is 28.9 Å². The van der Waals surface area contributed by atoms with Gasteiger partial charge in [-0.1, -0.05) is 19.6 Å². The van der Waals surface area contributed by atoms with Crippen molar-refractivity contribution in [3.05, 3.63) is 0 Å². The lowest BCUT2D eigenvalue weighted by Gasteiger charge is -2.65. The molecule has 0 bridgehead atoms. The summed E-state index contributed by atoms with van der Waals surface area (Å²) < 4.78 is 6.78. The quantitative estimate of drug-likeness (QED) is 0.679. The molecule has 1 rings (SSSR count). The molecule has 0 amide bonds. The molecule has 1 fully saturated rings. The summed E-state index contributed by atoms with van der Waals surface area (Å²) in [7, 11) is -3.34. The molecule has 0 spiro atoms. The predicted octanol–water partition coefficient (Wildman–Crippen LogP) is 2.13. The van der Waals surface area contributed by atoms with Gasteiger partial charge in [0.25, 0.3) is 0 Å². The van der Waals surface area contributed by atoms with E-state index in [-0.39, 0.29) is 0 Å². The lowest BCUT2D eigenvalue weighted by Crippen LogP contribution is -2.93. The molecule has 12 heavy (non-hydrogen) atoms. The highest BCUT2D eigenvalue weighted by atomic mass is 28.5. The number of rotatable bonds is 1. The fourth-order valence-electron chi connectivity index (χ4n) is 3.18. The molecule has 5 heteroatoms. The van der Waals surface area contributed by atoms with Gasteiger partial charge >= 0.3 is 0 Å². The van der Waals surface area contributed by atoms with Gasteiger partial charge < -0.3 is 8.54 Å². The molecule has 1 saturated heterocycles. The van der Waals surface area contributed by atoms with Gasteiger partial charge in [-0.3, -0.25) is 0 Å². The van der Waals surface area contributed by atoms with Gasteiger partial charge in [-0.05, 0) is 26.2 Å². The van der Waals surface area contributed by atoms with Crippen molar-refractivity contribution in [1.82, 2.24) is 8.54 Å². The molecule has 72 valence electrons. The monoisotopic (exact) mass is 218 g/mol. The van der Waals surface area contributed by atoms with E-state index in [1.807, 2.05) is 0 Å². The third-order valence-corrected chi connectivity index (χ3v) is 21.6. The third kappa shape index (κ3) is 1.60. The van der Waals surface area contributed by atoms with Crippen LogP contribution >= 0.6 is 0 Å². The average molecular weight is 219 g/mol. The molecule has 1 aliphatic heterocycles. The highest BCUT2D eigenvalue weighted by molar-refractivity contribution is 7.13. The van der Waals surface area contributed by atoms with Gasteiger partial charge in [0.1, 0.15) is 8.24 Å². The standard InChI is InChI=1S/C7H22N2Si3/c1-10(2,3)9-11(4,5)8-12(9,6)7/h8H,1-7H3. The zero-order valence-electron chi connectivity index (χ0n) is 9.45. The first-order valence-electron chi connectivity index (χ1n) is 4.67. The van der Waals surface area contributed by atoms with E-state index in [0.717, 1.165) is 0 Å². The third-order valence-electron chi connectivity index (χ3n) is 2.40. The molecule has 0 unspecified atom stereocenters. The Morgan fingerprint density at radius 2 is 1.25 bits per heavy atom. The first-order chi connectivity index (χ1) is 5.07. The first-order valence-corrected chi connectivity index (χ1v) is 14.0. The molecule has 0 atom stereocenters. The van der Waals surface area contributed by atoms with Crippen LogP contribution in [0.3, 0.4) is 0 Å². The van der Waals surface area contributed by atoms with E-state index in [9.17, 15) is 0 Å². The van der Waals surface area contributed by atoms with Crippen LogP contribution in [0.5, 0.6) is 0 Å². The van der Waals surface area contributed by atoms with Gasteiger partial charge in [-0.25, -0.2) is 0 Å². The number of hydrogen-bond acceptors (Lipinski definition) is 2.